The highest BCUT2D eigenvalue weighted by atomic mass is 16.5. The van der Waals surface area contributed by atoms with Crippen LogP contribution in [-0.4, -0.2) is 46.3 Å². The van der Waals surface area contributed by atoms with Gasteiger partial charge in [-0.3, -0.25) is 20.0 Å². The number of hydrogen-bond donors (Lipinski definition) is 1. The molecule has 3 aromatic rings. The predicted octanol–water partition coefficient (Wildman–Crippen LogP) is 3.19. The summed E-state index contributed by atoms with van der Waals surface area (Å²) >= 11 is 0. The van der Waals surface area contributed by atoms with Gasteiger partial charge in [0, 0.05) is 44.0 Å². The molecule has 1 fully saturated rings. The molecule has 1 aromatic carbocycles. The van der Waals surface area contributed by atoms with Crippen LogP contribution in [0.1, 0.15) is 28.3 Å². The molecule has 7 nitrogen and oxygen atoms in total. The summed E-state index contributed by atoms with van der Waals surface area (Å²) < 4.78 is 5.36. The van der Waals surface area contributed by atoms with Crippen molar-refractivity contribution < 1.29 is 14.5 Å². The van der Waals surface area contributed by atoms with Crippen molar-refractivity contribution in [2.75, 3.05) is 25.2 Å². The van der Waals surface area contributed by atoms with Gasteiger partial charge in [-0.1, -0.05) is 5.16 Å². The van der Waals surface area contributed by atoms with E-state index in [1.165, 1.54) is 11.8 Å². The minimum Gasteiger partial charge on any atom is -0.355 e. The van der Waals surface area contributed by atoms with Crippen LogP contribution in [0.5, 0.6) is 0 Å². The number of amides is 1. The third-order valence-electron chi connectivity index (χ3n) is 4.96. The van der Waals surface area contributed by atoms with Crippen molar-refractivity contribution in [3.63, 3.8) is 0 Å². The molecule has 1 aliphatic rings. The third kappa shape index (κ3) is 3.41. The SMILES string of the molecule is CN(O)c1ccc(-c2oncc2C(=O)N2CCC(c3ccncc3)C2)cc1. The van der Waals surface area contributed by atoms with Crippen molar-refractivity contribution in [3.05, 3.63) is 66.1 Å². The predicted molar refractivity (Wildman–Crippen MR) is 99.6 cm³/mol. The molecule has 1 saturated heterocycles. The molecule has 0 spiro atoms. The summed E-state index contributed by atoms with van der Waals surface area (Å²) in [6.45, 7) is 1.37. The van der Waals surface area contributed by atoms with E-state index in [0.717, 1.165) is 17.0 Å². The molecule has 1 aliphatic heterocycles. The molecule has 4 rings (SSSR count). The number of pyridine rings is 1. The van der Waals surface area contributed by atoms with Crippen LogP contribution in [-0.2, 0) is 0 Å². The summed E-state index contributed by atoms with van der Waals surface area (Å²) in [6, 6.07) is 11.1. The Morgan fingerprint density at radius 2 is 1.96 bits per heavy atom. The first-order valence-electron chi connectivity index (χ1n) is 8.80. The van der Waals surface area contributed by atoms with Gasteiger partial charge in [-0.15, -0.1) is 0 Å². The molecule has 0 aliphatic carbocycles. The number of carbonyl (C=O) groups excluding carboxylic acids is 1. The monoisotopic (exact) mass is 364 g/mol. The van der Waals surface area contributed by atoms with Crippen LogP contribution in [0.15, 0.2) is 59.5 Å². The summed E-state index contributed by atoms with van der Waals surface area (Å²) in [5.41, 5.74) is 3.04. The Kier molecular flexibility index (Phi) is 4.60. The van der Waals surface area contributed by atoms with Gasteiger partial charge < -0.3 is 9.42 Å². The van der Waals surface area contributed by atoms with E-state index < -0.39 is 0 Å². The topological polar surface area (TPSA) is 82.7 Å². The van der Waals surface area contributed by atoms with E-state index >= 15 is 0 Å². The number of aromatic nitrogens is 2. The second kappa shape index (κ2) is 7.20. The Morgan fingerprint density at radius 1 is 1.22 bits per heavy atom. The molecule has 1 unspecified atom stereocenters. The zero-order valence-electron chi connectivity index (χ0n) is 14.9. The molecular formula is C20H20N4O3. The number of hydrogen-bond acceptors (Lipinski definition) is 6. The summed E-state index contributed by atoms with van der Waals surface area (Å²) in [6.07, 6.45) is 5.97. The van der Waals surface area contributed by atoms with Gasteiger partial charge in [-0.05, 0) is 48.4 Å². The van der Waals surface area contributed by atoms with Crippen molar-refractivity contribution in [1.82, 2.24) is 15.0 Å². The standard InChI is InChI=1S/C20H20N4O3/c1-23(26)17-4-2-15(3-5-17)19-18(12-22-27-19)20(25)24-11-8-16(13-24)14-6-9-21-10-7-14/h2-7,9-10,12,16,26H,8,11,13H2,1H3. The Bertz CT molecular complexity index is 922. The number of hydroxylamine groups is 1. The zero-order chi connectivity index (χ0) is 18.8. The average Bonchev–Trinajstić information content (AvgIpc) is 3.38. The van der Waals surface area contributed by atoms with Gasteiger partial charge in [0.25, 0.3) is 5.91 Å². The van der Waals surface area contributed by atoms with Crippen LogP contribution < -0.4 is 5.06 Å². The maximum Gasteiger partial charge on any atom is 0.259 e. The Hall–Kier alpha value is -3.19. The Morgan fingerprint density at radius 3 is 2.67 bits per heavy atom. The van der Waals surface area contributed by atoms with Gasteiger partial charge in [0.15, 0.2) is 5.76 Å². The van der Waals surface area contributed by atoms with Crippen LogP contribution in [0.3, 0.4) is 0 Å². The lowest BCUT2D eigenvalue weighted by Gasteiger charge is -2.16. The molecule has 0 saturated carbocycles. The maximum absolute atomic E-state index is 13.0. The number of likely N-dealkylation sites (tertiary alicyclic amines) is 1. The van der Waals surface area contributed by atoms with Crippen LogP contribution >= 0.6 is 0 Å². The van der Waals surface area contributed by atoms with Crippen LogP contribution in [0.25, 0.3) is 11.3 Å². The molecule has 3 heterocycles. The van der Waals surface area contributed by atoms with Gasteiger partial charge in [0.2, 0.25) is 0 Å². The molecule has 1 amide bonds. The van der Waals surface area contributed by atoms with E-state index in [1.54, 1.807) is 43.7 Å². The van der Waals surface area contributed by atoms with Gasteiger partial charge in [0.05, 0.1) is 11.9 Å². The molecule has 1 atom stereocenters. The van der Waals surface area contributed by atoms with Crippen molar-refractivity contribution in [1.29, 1.82) is 0 Å². The molecule has 0 bridgehead atoms. The number of nitrogens with zero attached hydrogens (tertiary/aromatic N) is 4. The molecular weight excluding hydrogens is 344 g/mol. The van der Waals surface area contributed by atoms with E-state index in [1.807, 2.05) is 17.0 Å². The average molecular weight is 364 g/mol. The van der Waals surface area contributed by atoms with E-state index in [4.69, 9.17) is 4.52 Å². The minimum absolute atomic E-state index is 0.0776. The third-order valence-corrected chi connectivity index (χ3v) is 4.96. The Labute approximate surface area is 156 Å². The fraction of sp³-hybridized carbons (Fsp3) is 0.250. The fourth-order valence-electron chi connectivity index (χ4n) is 3.45. The number of benzene rings is 1. The van der Waals surface area contributed by atoms with Gasteiger partial charge in [-0.25, -0.2) is 0 Å². The number of anilines is 1. The highest BCUT2D eigenvalue weighted by Gasteiger charge is 2.30. The van der Waals surface area contributed by atoms with Crippen molar-refractivity contribution in [2.24, 2.45) is 0 Å². The van der Waals surface area contributed by atoms with Crippen LogP contribution in [0.4, 0.5) is 5.69 Å². The first-order valence-corrected chi connectivity index (χ1v) is 8.80. The first-order chi connectivity index (χ1) is 13.1. The van der Waals surface area contributed by atoms with Gasteiger partial charge >= 0.3 is 0 Å². The molecule has 0 radical (unpaired) electrons. The fourth-order valence-corrected chi connectivity index (χ4v) is 3.45. The van der Waals surface area contributed by atoms with E-state index in [-0.39, 0.29) is 5.91 Å². The highest BCUT2D eigenvalue weighted by molar-refractivity contribution is 5.99. The maximum atomic E-state index is 13.0. The molecule has 2 aromatic heterocycles. The van der Waals surface area contributed by atoms with E-state index in [9.17, 15) is 10.0 Å². The van der Waals surface area contributed by atoms with Crippen molar-refractivity contribution in [3.8, 4) is 11.3 Å². The van der Waals surface area contributed by atoms with Crippen molar-refractivity contribution >= 4 is 11.6 Å². The molecule has 1 N–H and O–H groups in total. The zero-order valence-corrected chi connectivity index (χ0v) is 14.9. The first kappa shape index (κ1) is 17.2. The van der Waals surface area contributed by atoms with Crippen LogP contribution in [0, 0.1) is 0 Å². The summed E-state index contributed by atoms with van der Waals surface area (Å²) in [4.78, 5) is 18.9. The van der Waals surface area contributed by atoms with E-state index in [0.29, 0.717) is 36.0 Å². The summed E-state index contributed by atoms with van der Waals surface area (Å²) in [7, 11) is 1.55. The smallest absolute Gasteiger partial charge is 0.259 e. The molecule has 27 heavy (non-hydrogen) atoms. The van der Waals surface area contributed by atoms with E-state index in [2.05, 4.69) is 10.1 Å². The van der Waals surface area contributed by atoms with Gasteiger partial charge in [0.1, 0.15) is 5.56 Å². The molecule has 138 valence electrons. The quantitative estimate of drug-likeness (QED) is 0.716. The normalized spacial score (nSPS) is 16.5. The minimum atomic E-state index is -0.0776. The second-order valence-corrected chi connectivity index (χ2v) is 6.66. The summed E-state index contributed by atoms with van der Waals surface area (Å²) in [5.74, 6) is 0.685. The number of rotatable bonds is 4. The Balaban J connectivity index is 1.53. The lowest BCUT2D eigenvalue weighted by Crippen LogP contribution is -2.28. The lowest BCUT2D eigenvalue weighted by atomic mass is 10.00. The lowest BCUT2D eigenvalue weighted by molar-refractivity contribution is 0.0791. The second-order valence-electron chi connectivity index (χ2n) is 6.66. The largest absolute Gasteiger partial charge is 0.355 e. The summed E-state index contributed by atoms with van der Waals surface area (Å²) in [5, 5.41) is 14.3. The number of carbonyl (C=O) groups is 1. The molecule has 7 heteroatoms. The highest BCUT2D eigenvalue weighted by Crippen LogP contribution is 2.31. The van der Waals surface area contributed by atoms with Gasteiger partial charge in [-0.2, -0.15) is 0 Å². The van der Waals surface area contributed by atoms with Crippen LogP contribution in [0.2, 0.25) is 0 Å². The van der Waals surface area contributed by atoms with Crippen molar-refractivity contribution in [2.45, 2.75) is 12.3 Å².